The number of fused-ring (bicyclic) bond motifs is 3. The number of carbonyl (C=O) groups excluding carboxylic acids is 2. The predicted molar refractivity (Wildman–Crippen MR) is 112 cm³/mol. The Balaban J connectivity index is 1.69. The topological polar surface area (TPSA) is 105 Å². The van der Waals surface area contributed by atoms with Crippen molar-refractivity contribution < 1.29 is 24.2 Å². The van der Waals surface area contributed by atoms with E-state index in [9.17, 15) is 14.4 Å². The lowest BCUT2D eigenvalue weighted by molar-refractivity contribution is -0.138. The predicted octanol–water partition coefficient (Wildman–Crippen LogP) is 3.14. The van der Waals surface area contributed by atoms with Crippen molar-refractivity contribution in [2.24, 2.45) is 5.41 Å². The lowest BCUT2D eigenvalue weighted by Crippen LogP contribution is -2.54. The highest BCUT2D eigenvalue weighted by Gasteiger charge is 2.34. The van der Waals surface area contributed by atoms with Gasteiger partial charge in [0.05, 0.1) is 0 Å². The molecule has 0 fully saturated rings. The number of carboxylic acid groups (broad SMARTS) is 1. The number of hydrogen-bond donors (Lipinski definition) is 3. The molecular formula is C23H26N2O5. The number of rotatable bonds is 6. The van der Waals surface area contributed by atoms with Gasteiger partial charge in [0, 0.05) is 5.92 Å². The summed E-state index contributed by atoms with van der Waals surface area (Å²) in [5.41, 5.74) is 3.82. The van der Waals surface area contributed by atoms with Gasteiger partial charge in [0.2, 0.25) is 5.91 Å². The fourth-order valence-electron chi connectivity index (χ4n) is 3.70. The zero-order valence-corrected chi connectivity index (χ0v) is 17.3. The minimum absolute atomic E-state index is 0.0860. The molecule has 3 N–H and O–H groups in total. The van der Waals surface area contributed by atoms with E-state index in [1.54, 1.807) is 20.8 Å². The highest BCUT2D eigenvalue weighted by Crippen LogP contribution is 2.44. The van der Waals surface area contributed by atoms with Gasteiger partial charge < -0.3 is 20.5 Å². The highest BCUT2D eigenvalue weighted by atomic mass is 16.5. The minimum Gasteiger partial charge on any atom is -0.480 e. The summed E-state index contributed by atoms with van der Waals surface area (Å²) in [5.74, 6) is -1.81. The third-order valence-corrected chi connectivity index (χ3v) is 5.15. The van der Waals surface area contributed by atoms with Gasteiger partial charge in [-0.2, -0.15) is 0 Å². The maximum Gasteiger partial charge on any atom is 0.407 e. The van der Waals surface area contributed by atoms with Gasteiger partial charge in [-0.15, -0.1) is 0 Å². The van der Waals surface area contributed by atoms with E-state index >= 15 is 0 Å². The van der Waals surface area contributed by atoms with Crippen molar-refractivity contribution in [1.82, 2.24) is 10.6 Å². The second kappa shape index (κ2) is 8.57. The van der Waals surface area contributed by atoms with Crippen molar-refractivity contribution in [3.63, 3.8) is 0 Å². The first kappa shape index (κ1) is 21.4. The molecule has 0 radical (unpaired) electrons. The second-order valence-electron chi connectivity index (χ2n) is 8.38. The zero-order chi connectivity index (χ0) is 21.9. The van der Waals surface area contributed by atoms with Crippen LogP contribution in [0.1, 0.15) is 37.8 Å². The van der Waals surface area contributed by atoms with Crippen LogP contribution in [0.15, 0.2) is 48.5 Å². The highest BCUT2D eigenvalue weighted by molar-refractivity contribution is 5.88. The molecule has 0 spiro atoms. The zero-order valence-electron chi connectivity index (χ0n) is 17.3. The van der Waals surface area contributed by atoms with Crippen molar-refractivity contribution in [3.8, 4) is 11.1 Å². The lowest BCUT2D eigenvalue weighted by Gasteiger charge is -2.30. The standard InChI is InChI=1S/C23H26N2O5/c1-23(2,3)20(21(28)24-12-19(26)27)25-22(29)30-13-18-16-10-6-4-8-14(16)15-9-5-7-11-17(15)18/h4-11,18,20H,12-13H2,1-3H3,(H,24,28)(H,25,29)(H,26,27). The monoisotopic (exact) mass is 410 g/mol. The molecule has 3 rings (SSSR count). The normalized spacial score (nSPS) is 13.7. The number of alkyl carbamates (subject to hydrolysis) is 1. The third kappa shape index (κ3) is 4.62. The average molecular weight is 410 g/mol. The Morgan fingerprint density at radius 2 is 1.53 bits per heavy atom. The van der Waals surface area contributed by atoms with Crippen molar-refractivity contribution in [2.45, 2.75) is 32.7 Å². The number of carboxylic acids is 1. The number of nitrogens with one attached hydrogen (secondary N) is 2. The quantitative estimate of drug-likeness (QED) is 0.679. The van der Waals surface area contributed by atoms with Gasteiger partial charge in [0.1, 0.15) is 19.2 Å². The largest absolute Gasteiger partial charge is 0.480 e. The van der Waals surface area contributed by atoms with E-state index in [-0.39, 0.29) is 12.5 Å². The molecule has 0 saturated heterocycles. The molecule has 1 aliphatic carbocycles. The third-order valence-electron chi connectivity index (χ3n) is 5.15. The molecule has 0 bridgehead atoms. The summed E-state index contributed by atoms with van der Waals surface area (Å²) in [7, 11) is 0. The van der Waals surface area contributed by atoms with Gasteiger partial charge in [-0.1, -0.05) is 69.3 Å². The van der Waals surface area contributed by atoms with Crippen molar-refractivity contribution in [1.29, 1.82) is 0 Å². The molecule has 2 aromatic rings. The molecule has 1 atom stereocenters. The summed E-state index contributed by atoms with van der Waals surface area (Å²) in [6.45, 7) is 4.95. The number of carbonyl (C=O) groups is 3. The summed E-state index contributed by atoms with van der Waals surface area (Å²) in [6.07, 6.45) is -0.720. The fourth-order valence-corrected chi connectivity index (χ4v) is 3.70. The van der Waals surface area contributed by atoms with Gasteiger partial charge in [-0.25, -0.2) is 4.79 Å². The Morgan fingerprint density at radius 1 is 1.00 bits per heavy atom. The van der Waals surface area contributed by atoms with Crippen LogP contribution in [0.25, 0.3) is 11.1 Å². The van der Waals surface area contributed by atoms with Gasteiger partial charge in [-0.05, 0) is 27.7 Å². The maximum absolute atomic E-state index is 12.5. The van der Waals surface area contributed by atoms with Gasteiger partial charge in [0.15, 0.2) is 0 Å². The summed E-state index contributed by atoms with van der Waals surface area (Å²) in [4.78, 5) is 35.6. The van der Waals surface area contributed by atoms with E-state index in [1.165, 1.54) is 0 Å². The molecule has 2 aromatic carbocycles. The first-order chi connectivity index (χ1) is 14.2. The van der Waals surface area contributed by atoms with Crippen LogP contribution in [0.3, 0.4) is 0 Å². The Labute approximate surface area is 175 Å². The van der Waals surface area contributed by atoms with E-state index in [4.69, 9.17) is 9.84 Å². The molecule has 1 aliphatic rings. The minimum atomic E-state index is -1.16. The van der Waals surface area contributed by atoms with E-state index in [1.807, 2.05) is 36.4 Å². The lowest BCUT2D eigenvalue weighted by atomic mass is 9.86. The first-order valence-corrected chi connectivity index (χ1v) is 9.79. The Bertz CT molecular complexity index is 919. The molecule has 7 nitrogen and oxygen atoms in total. The Hall–Kier alpha value is -3.35. The van der Waals surface area contributed by atoms with Gasteiger partial charge >= 0.3 is 12.1 Å². The molecule has 0 aliphatic heterocycles. The number of amides is 2. The molecule has 7 heteroatoms. The maximum atomic E-state index is 12.5. The molecule has 30 heavy (non-hydrogen) atoms. The number of ether oxygens (including phenoxy) is 1. The van der Waals surface area contributed by atoms with Crippen molar-refractivity contribution >= 4 is 18.0 Å². The van der Waals surface area contributed by atoms with Gasteiger partial charge in [0.25, 0.3) is 0 Å². The van der Waals surface area contributed by atoms with E-state index in [0.717, 1.165) is 22.3 Å². The summed E-state index contributed by atoms with van der Waals surface area (Å²) in [5, 5.41) is 13.7. The SMILES string of the molecule is CC(C)(C)C(NC(=O)OCC1c2ccccc2-c2ccccc21)C(=O)NCC(=O)O. The summed E-state index contributed by atoms with van der Waals surface area (Å²) >= 11 is 0. The van der Waals surface area contributed by atoms with E-state index in [2.05, 4.69) is 22.8 Å². The van der Waals surface area contributed by atoms with Crippen LogP contribution in [-0.4, -0.2) is 42.3 Å². The van der Waals surface area contributed by atoms with Gasteiger partial charge in [-0.3, -0.25) is 9.59 Å². The molecule has 158 valence electrons. The van der Waals surface area contributed by atoms with Crippen LogP contribution in [0.2, 0.25) is 0 Å². The van der Waals surface area contributed by atoms with Crippen LogP contribution in [-0.2, 0) is 14.3 Å². The fraction of sp³-hybridized carbons (Fsp3) is 0.348. The van der Waals surface area contributed by atoms with E-state index < -0.39 is 36.0 Å². The Morgan fingerprint density at radius 3 is 2.03 bits per heavy atom. The summed E-state index contributed by atoms with van der Waals surface area (Å²) in [6, 6.07) is 15.1. The number of benzene rings is 2. The molecule has 0 saturated carbocycles. The van der Waals surface area contributed by atoms with Crippen LogP contribution >= 0.6 is 0 Å². The number of aliphatic carboxylic acids is 1. The van der Waals surface area contributed by atoms with Crippen LogP contribution in [0.5, 0.6) is 0 Å². The smallest absolute Gasteiger partial charge is 0.407 e. The van der Waals surface area contributed by atoms with E-state index in [0.29, 0.717) is 0 Å². The number of hydrogen-bond acceptors (Lipinski definition) is 4. The second-order valence-corrected chi connectivity index (χ2v) is 8.38. The summed E-state index contributed by atoms with van der Waals surface area (Å²) < 4.78 is 5.49. The molecule has 1 unspecified atom stereocenters. The molecule has 2 amide bonds. The Kier molecular flexibility index (Phi) is 6.10. The van der Waals surface area contributed by atoms with Crippen molar-refractivity contribution in [2.75, 3.05) is 13.2 Å². The first-order valence-electron chi connectivity index (χ1n) is 9.79. The van der Waals surface area contributed by atoms with Crippen LogP contribution < -0.4 is 10.6 Å². The molecular weight excluding hydrogens is 384 g/mol. The average Bonchev–Trinajstić information content (AvgIpc) is 3.01. The van der Waals surface area contributed by atoms with Crippen molar-refractivity contribution in [3.05, 3.63) is 59.7 Å². The van der Waals surface area contributed by atoms with Crippen LogP contribution in [0, 0.1) is 5.41 Å². The van der Waals surface area contributed by atoms with Crippen LogP contribution in [0.4, 0.5) is 4.79 Å². The molecule has 0 heterocycles. The molecule has 0 aromatic heterocycles.